The molecule has 0 amide bonds. The lowest BCUT2D eigenvalue weighted by atomic mass is 10.1. The number of rotatable bonds is 1. The largest absolute Gasteiger partial charge is 0.504 e. The molecule has 6 heteroatoms. The van der Waals surface area contributed by atoms with E-state index in [1.54, 1.807) is 13.0 Å². The minimum absolute atomic E-state index is 0.0131. The van der Waals surface area contributed by atoms with Gasteiger partial charge in [0.1, 0.15) is 10.7 Å². The maximum absolute atomic E-state index is 11.3. The smallest absolute Gasteiger partial charge is 0.336 e. The summed E-state index contributed by atoms with van der Waals surface area (Å²) in [5, 5.41) is 19.8. The number of pyridine rings is 1. The fourth-order valence-corrected chi connectivity index (χ4v) is 2.45. The molecule has 0 aliphatic carbocycles. The second kappa shape index (κ2) is 3.86. The average Bonchev–Trinajstić information content (AvgIpc) is 2.68. The van der Waals surface area contributed by atoms with Gasteiger partial charge in [0.25, 0.3) is 0 Å². The topological polar surface area (TPSA) is 83.6 Å². The van der Waals surface area contributed by atoms with Gasteiger partial charge in [-0.25, -0.2) is 9.78 Å². The standard InChI is InChI=1S/C13H8ClNO4/c1-5-4-8-10(12(14)15-5)9-6(13(17)18)2-3-7(16)11(9)19-8/h2-4,16H,1H3,(H,17,18). The molecule has 5 nitrogen and oxygen atoms in total. The van der Waals surface area contributed by atoms with Crippen molar-refractivity contribution in [2.75, 3.05) is 0 Å². The van der Waals surface area contributed by atoms with Gasteiger partial charge >= 0.3 is 5.97 Å². The first-order valence-corrected chi connectivity index (χ1v) is 5.81. The highest BCUT2D eigenvalue weighted by Crippen LogP contribution is 2.39. The molecule has 2 aromatic heterocycles. The van der Waals surface area contributed by atoms with Crippen LogP contribution in [0.4, 0.5) is 0 Å². The molecule has 2 N–H and O–H groups in total. The van der Waals surface area contributed by atoms with Crippen molar-refractivity contribution in [3.8, 4) is 5.75 Å². The zero-order valence-corrected chi connectivity index (χ0v) is 10.5. The lowest BCUT2D eigenvalue weighted by molar-refractivity contribution is 0.0699. The third-order valence-corrected chi connectivity index (χ3v) is 3.17. The number of hydrogen-bond acceptors (Lipinski definition) is 4. The number of benzene rings is 1. The first-order valence-electron chi connectivity index (χ1n) is 5.43. The predicted molar refractivity (Wildman–Crippen MR) is 69.9 cm³/mol. The van der Waals surface area contributed by atoms with Crippen LogP contribution >= 0.6 is 11.6 Å². The van der Waals surface area contributed by atoms with Crippen LogP contribution in [0.15, 0.2) is 22.6 Å². The summed E-state index contributed by atoms with van der Waals surface area (Å²) in [5.41, 5.74) is 1.16. The number of aromatic carboxylic acids is 1. The fourth-order valence-electron chi connectivity index (χ4n) is 2.12. The highest BCUT2D eigenvalue weighted by molar-refractivity contribution is 6.37. The quantitative estimate of drug-likeness (QED) is 0.666. The van der Waals surface area contributed by atoms with Crippen molar-refractivity contribution >= 4 is 39.5 Å². The molecule has 0 spiro atoms. The Kier molecular flexibility index (Phi) is 2.40. The number of fused-ring (bicyclic) bond motifs is 3. The van der Waals surface area contributed by atoms with Crippen LogP contribution in [-0.4, -0.2) is 21.2 Å². The van der Waals surface area contributed by atoms with Gasteiger partial charge in [-0.15, -0.1) is 0 Å². The van der Waals surface area contributed by atoms with Gasteiger partial charge in [-0.2, -0.15) is 0 Å². The molecule has 3 rings (SSSR count). The van der Waals surface area contributed by atoms with Crippen LogP contribution in [-0.2, 0) is 0 Å². The molecule has 2 heterocycles. The molecule has 0 bridgehead atoms. The molecule has 1 aromatic carbocycles. The molecule has 0 unspecified atom stereocenters. The van der Waals surface area contributed by atoms with E-state index >= 15 is 0 Å². The van der Waals surface area contributed by atoms with Crippen molar-refractivity contribution in [2.24, 2.45) is 0 Å². The first-order chi connectivity index (χ1) is 8.99. The molecular weight excluding hydrogens is 270 g/mol. The lowest BCUT2D eigenvalue weighted by Crippen LogP contribution is -1.96. The van der Waals surface area contributed by atoms with Crippen LogP contribution in [0.5, 0.6) is 5.75 Å². The molecule has 19 heavy (non-hydrogen) atoms. The second-order valence-corrected chi connectivity index (χ2v) is 4.53. The number of nitrogens with zero attached hydrogens (tertiary/aromatic N) is 1. The van der Waals surface area contributed by atoms with Crippen LogP contribution in [0.25, 0.3) is 21.9 Å². The molecule has 0 fully saturated rings. The maximum atomic E-state index is 11.3. The lowest BCUT2D eigenvalue weighted by Gasteiger charge is -2.00. The maximum Gasteiger partial charge on any atom is 0.336 e. The summed E-state index contributed by atoms with van der Waals surface area (Å²) in [6.07, 6.45) is 0. The Hall–Kier alpha value is -2.27. The Morgan fingerprint density at radius 3 is 2.79 bits per heavy atom. The number of phenols is 1. The second-order valence-electron chi connectivity index (χ2n) is 4.17. The number of aromatic hydroxyl groups is 1. The van der Waals surface area contributed by atoms with Crippen LogP contribution < -0.4 is 0 Å². The summed E-state index contributed by atoms with van der Waals surface area (Å²) in [7, 11) is 0. The number of aryl methyl sites for hydroxylation is 1. The van der Waals surface area contributed by atoms with Crippen LogP contribution in [0.2, 0.25) is 5.15 Å². The van der Waals surface area contributed by atoms with E-state index in [0.29, 0.717) is 16.7 Å². The summed E-state index contributed by atoms with van der Waals surface area (Å²) >= 11 is 6.07. The number of halogens is 1. The van der Waals surface area contributed by atoms with Gasteiger partial charge in [0.05, 0.1) is 10.9 Å². The molecule has 0 saturated carbocycles. The van der Waals surface area contributed by atoms with Gasteiger partial charge in [0.2, 0.25) is 0 Å². The number of hydrogen-bond donors (Lipinski definition) is 2. The van der Waals surface area contributed by atoms with Crippen LogP contribution in [0.3, 0.4) is 0 Å². The Bertz CT molecular complexity index is 838. The molecular formula is C13H8ClNO4. The van der Waals surface area contributed by atoms with Crippen molar-refractivity contribution in [3.63, 3.8) is 0 Å². The number of furan rings is 1. The third kappa shape index (κ3) is 1.62. The van der Waals surface area contributed by atoms with E-state index < -0.39 is 5.97 Å². The summed E-state index contributed by atoms with van der Waals surface area (Å²) in [6, 6.07) is 4.24. The molecule has 0 aliphatic rings. The fraction of sp³-hybridized carbons (Fsp3) is 0.0769. The first kappa shape index (κ1) is 11.8. The Labute approximate surface area is 112 Å². The predicted octanol–water partition coefficient (Wildman–Crippen LogP) is 3.35. The highest BCUT2D eigenvalue weighted by atomic mass is 35.5. The van der Waals surface area contributed by atoms with Gasteiger partial charge in [0, 0.05) is 17.1 Å². The van der Waals surface area contributed by atoms with Crippen LogP contribution in [0, 0.1) is 6.92 Å². The number of aromatic nitrogens is 1. The van der Waals surface area contributed by atoms with Crippen molar-refractivity contribution in [2.45, 2.75) is 6.92 Å². The average molecular weight is 278 g/mol. The Morgan fingerprint density at radius 2 is 2.11 bits per heavy atom. The number of phenolic OH excluding ortho intramolecular Hbond substituents is 1. The Morgan fingerprint density at radius 1 is 1.37 bits per heavy atom. The molecule has 3 aromatic rings. The summed E-state index contributed by atoms with van der Waals surface area (Å²) in [6.45, 7) is 1.75. The van der Waals surface area contributed by atoms with Gasteiger partial charge in [-0.05, 0) is 19.1 Å². The summed E-state index contributed by atoms with van der Waals surface area (Å²) < 4.78 is 5.50. The monoisotopic (exact) mass is 277 g/mol. The molecule has 0 radical (unpaired) electrons. The van der Waals surface area contributed by atoms with E-state index in [-0.39, 0.29) is 27.4 Å². The number of carbonyl (C=O) groups is 1. The van der Waals surface area contributed by atoms with Crippen molar-refractivity contribution in [3.05, 3.63) is 34.6 Å². The zero-order chi connectivity index (χ0) is 13.7. The SMILES string of the molecule is Cc1cc2oc3c(O)ccc(C(=O)O)c3c2c(Cl)n1. The molecule has 96 valence electrons. The minimum Gasteiger partial charge on any atom is -0.504 e. The van der Waals surface area contributed by atoms with E-state index in [1.807, 2.05) is 0 Å². The molecule has 0 atom stereocenters. The Balaban J connectivity index is 2.63. The van der Waals surface area contributed by atoms with Crippen molar-refractivity contribution < 1.29 is 19.4 Å². The molecule has 0 saturated heterocycles. The van der Waals surface area contributed by atoms with E-state index in [1.165, 1.54) is 12.1 Å². The van der Waals surface area contributed by atoms with Crippen molar-refractivity contribution in [1.82, 2.24) is 4.98 Å². The zero-order valence-electron chi connectivity index (χ0n) is 9.77. The summed E-state index contributed by atoms with van der Waals surface area (Å²) in [5.74, 6) is -1.26. The van der Waals surface area contributed by atoms with E-state index in [4.69, 9.17) is 16.0 Å². The highest BCUT2D eigenvalue weighted by Gasteiger charge is 2.21. The van der Waals surface area contributed by atoms with Crippen molar-refractivity contribution in [1.29, 1.82) is 0 Å². The van der Waals surface area contributed by atoms with E-state index in [0.717, 1.165) is 0 Å². The van der Waals surface area contributed by atoms with E-state index in [9.17, 15) is 15.0 Å². The summed E-state index contributed by atoms with van der Waals surface area (Å²) in [4.78, 5) is 15.3. The van der Waals surface area contributed by atoms with Crippen LogP contribution in [0.1, 0.15) is 16.1 Å². The molecule has 0 aliphatic heterocycles. The number of carboxylic acid groups (broad SMARTS) is 1. The van der Waals surface area contributed by atoms with Gasteiger partial charge in [0.15, 0.2) is 11.3 Å². The normalized spacial score (nSPS) is 11.3. The van der Waals surface area contributed by atoms with Gasteiger partial charge < -0.3 is 14.6 Å². The van der Waals surface area contributed by atoms with E-state index in [2.05, 4.69) is 4.98 Å². The third-order valence-electron chi connectivity index (χ3n) is 2.90. The van der Waals surface area contributed by atoms with Gasteiger partial charge in [-0.3, -0.25) is 0 Å². The minimum atomic E-state index is -1.12. The van der Waals surface area contributed by atoms with Gasteiger partial charge in [-0.1, -0.05) is 11.6 Å². The number of carboxylic acids is 1.